The maximum Gasteiger partial charge on any atom is 0.265 e. The van der Waals surface area contributed by atoms with Crippen LogP contribution in [0.15, 0.2) is 23.8 Å². The van der Waals surface area contributed by atoms with Crippen molar-refractivity contribution >= 4 is 46.1 Å². The number of hydrogen-bond acceptors (Lipinski definition) is 4. The lowest BCUT2D eigenvalue weighted by Gasteiger charge is -2.05. The first-order valence-electron chi connectivity index (χ1n) is 4.19. The third kappa shape index (κ3) is 2.32. The van der Waals surface area contributed by atoms with Gasteiger partial charge in [0.25, 0.3) is 5.91 Å². The number of carbonyl (C=O) groups excluding carboxylic acids is 1. The summed E-state index contributed by atoms with van der Waals surface area (Å²) in [4.78, 5) is 19.7. The predicted molar refractivity (Wildman–Crippen MR) is 64.3 cm³/mol. The summed E-state index contributed by atoms with van der Waals surface area (Å²) in [7, 11) is 0. The number of nitrogens with zero attached hydrogens (tertiary/aromatic N) is 2. The van der Waals surface area contributed by atoms with Crippen molar-refractivity contribution < 1.29 is 4.79 Å². The van der Waals surface area contributed by atoms with Gasteiger partial charge < -0.3 is 5.32 Å². The molecule has 4 nitrogen and oxygen atoms in total. The van der Waals surface area contributed by atoms with E-state index in [1.807, 2.05) is 0 Å². The normalized spacial score (nSPS) is 10.1. The Balaban J connectivity index is 2.25. The van der Waals surface area contributed by atoms with E-state index in [0.717, 1.165) is 0 Å². The van der Waals surface area contributed by atoms with Crippen LogP contribution in [0.5, 0.6) is 0 Å². The zero-order valence-electron chi connectivity index (χ0n) is 7.78. The molecule has 2 rings (SSSR count). The maximum atomic E-state index is 11.7. The summed E-state index contributed by atoms with van der Waals surface area (Å²) in [5.41, 5.74) is 0.226. The van der Waals surface area contributed by atoms with E-state index in [1.165, 1.54) is 17.7 Å². The summed E-state index contributed by atoms with van der Waals surface area (Å²) in [6.07, 6.45) is 1.23. The second-order valence-electron chi connectivity index (χ2n) is 2.76. The van der Waals surface area contributed by atoms with Gasteiger partial charge in [0, 0.05) is 0 Å². The van der Waals surface area contributed by atoms with Gasteiger partial charge in [0.15, 0.2) is 10.3 Å². The maximum absolute atomic E-state index is 11.7. The lowest BCUT2D eigenvalue weighted by Crippen LogP contribution is -2.11. The van der Waals surface area contributed by atoms with Gasteiger partial charge in [-0.25, -0.2) is 9.97 Å². The second-order valence-corrected chi connectivity index (χ2v) is 4.43. The van der Waals surface area contributed by atoms with Crippen molar-refractivity contribution in [1.29, 1.82) is 0 Å². The topological polar surface area (TPSA) is 54.9 Å². The van der Waals surface area contributed by atoms with Crippen LogP contribution in [0.1, 0.15) is 9.67 Å². The van der Waals surface area contributed by atoms with E-state index in [1.54, 1.807) is 17.5 Å². The molecule has 0 saturated heterocycles. The van der Waals surface area contributed by atoms with E-state index in [9.17, 15) is 4.79 Å². The Labute approximate surface area is 105 Å². The minimum absolute atomic E-state index is 0.116. The van der Waals surface area contributed by atoms with Crippen molar-refractivity contribution in [3.8, 4) is 0 Å². The van der Waals surface area contributed by atoms with E-state index >= 15 is 0 Å². The quantitative estimate of drug-likeness (QED) is 0.856. The molecule has 82 valence electrons. The SMILES string of the molecule is O=C(Nc1c(Cl)ncnc1Cl)c1cccs1. The molecule has 0 fully saturated rings. The van der Waals surface area contributed by atoms with E-state index < -0.39 is 0 Å². The lowest BCUT2D eigenvalue weighted by molar-refractivity contribution is 0.103. The molecular formula is C9H5Cl2N3OS. The van der Waals surface area contributed by atoms with Crippen molar-refractivity contribution in [3.63, 3.8) is 0 Å². The molecule has 0 aliphatic heterocycles. The van der Waals surface area contributed by atoms with E-state index in [2.05, 4.69) is 15.3 Å². The molecule has 0 aliphatic carbocycles. The average molecular weight is 274 g/mol. The highest BCUT2D eigenvalue weighted by molar-refractivity contribution is 7.12. The molecule has 2 heterocycles. The number of halogens is 2. The number of amides is 1. The van der Waals surface area contributed by atoms with Gasteiger partial charge in [0.2, 0.25) is 0 Å². The first kappa shape index (κ1) is 11.3. The minimum atomic E-state index is -0.284. The van der Waals surface area contributed by atoms with Crippen LogP contribution in [-0.4, -0.2) is 15.9 Å². The minimum Gasteiger partial charge on any atom is -0.316 e. The molecule has 0 atom stereocenters. The number of rotatable bonds is 2. The zero-order chi connectivity index (χ0) is 11.5. The summed E-state index contributed by atoms with van der Waals surface area (Å²) in [6, 6.07) is 3.48. The highest BCUT2D eigenvalue weighted by Crippen LogP contribution is 2.26. The second kappa shape index (κ2) is 4.78. The van der Waals surface area contributed by atoms with Crippen molar-refractivity contribution in [1.82, 2.24) is 9.97 Å². The number of aromatic nitrogens is 2. The van der Waals surface area contributed by atoms with Gasteiger partial charge >= 0.3 is 0 Å². The summed E-state index contributed by atoms with van der Waals surface area (Å²) >= 11 is 12.9. The van der Waals surface area contributed by atoms with Gasteiger partial charge in [-0.2, -0.15) is 0 Å². The van der Waals surface area contributed by atoms with Crippen molar-refractivity contribution in [2.24, 2.45) is 0 Å². The fraction of sp³-hybridized carbons (Fsp3) is 0. The molecular weight excluding hydrogens is 269 g/mol. The summed E-state index contributed by atoms with van der Waals surface area (Å²) < 4.78 is 0. The van der Waals surface area contributed by atoms with Crippen LogP contribution in [0, 0.1) is 0 Å². The average Bonchev–Trinajstić information content (AvgIpc) is 2.76. The Morgan fingerprint density at radius 3 is 2.56 bits per heavy atom. The Morgan fingerprint density at radius 2 is 2.00 bits per heavy atom. The van der Waals surface area contributed by atoms with Crippen molar-refractivity contribution in [2.75, 3.05) is 5.32 Å². The zero-order valence-corrected chi connectivity index (χ0v) is 10.1. The molecule has 0 aliphatic rings. The lowest BCUT2D eigenvalue weighted by atomic mass is 10.4. The van der Waals surface area contributed by atoms with Crippen LogP contribution in [0.4, 0.5) is 5.69 Å². The standard InChI is InChI=1S/C9H5Cl2N3OS/c10-7-6(8(11)13-4-12-7)14-9(15)5-2-1-3-16-5/h1-4H,(H,14,15). The van der Waals surface area contributed by atoms with Gasteiger partial charge in [-0.1, -0.05) is 29.3 Å². The Bertz CT molecular complexity index is 495. The van der Waals surface area contributed by atoms with Crippen LogP contribution in [-0.2, 0) is 0 Å². The fourth-order valence-electron chi connectivity index (χ4n) is 1.03. The summed E-state index contributed by atoms with van der Waals surface area (Å²) in [5.74, 6) is -0.284. The van der Waals surface area contributed by atoms with Crippen LogP contribution in [0.3, 0.4) is 0 Å². The van der Waals surface area contributed by atoms with Gasteiger partial charge in [-0.05, 0) is 11.4 Å². The Hall–Kier alpha value is -1.17. The van der Waals surface area contributed by atoms with Crippen LogP contribution >= 0.6 is 34.5 Å². The molecule has 1 N–H and O–H groups in total. The van der Waals surface area contributed by atoms with Gasteiger partial charge in [0.1, 0.15) is 12.0 Å². The molecule has 2 aromatic heterocycles. The first-order valence-corrected chi connectivity index (χ1v) is 5.83. The predicted octanol–water partition coefficient (Wildman–Crippen LogP) is 3.10. The van der Waals surface area contributed by atoms with E-state index in [4.69, 9.17) is 23.2 Å². The Kier molecular flexibility index (Phi) is 3.38. The highest BCUT2D eigenvalue weighted by atomic mass is 35.5. The molecule has 2 aromatic rings. The van der Waals surface area contributed by atoms with Crippen LogP contribution in [0.25, 0.3) is 0 Å². The summed E-state index contributed by atoms with van der Waals surface area (Å²) in [5, 5.41) is 4.60. The third-order valence-electron chi connectivity index (χ3n) is 1.74. The third-order valence-corrected chi connectivity index (χ3v) is 3.18. The molecule has 1 amide bonds. The van der Waals surface area contributed by atoms with Gasteiger partial charge in [-0.15, -0.1) is 11.3 Å². The molecule has 7 heteroatoms. The van der Waals surface area contributed by atoms with Gasteiger partial charge in [-0.3, -0.25) is 4.79 Å². The Morgan fingerprint density at radius 1 is 1.31 bits per heavy atom. The van der Waals surface area contributed by atoms with E-state index in [-0.39, 0.29) is 21.9 Å². The molecule has 0 bridgehead atoms. The van der Waals surface area contributed by atoms with Crippen LogP contribution in [0.2, 0.25) is 10.3 Å². The number of hydrogen-bond donors (Lipinski definition) is 1. The number of carbonyl (C=O) groups is 1. The first-order chi connectivity index (χ1) is 7.68. The molecule has 16 heavy (non-hydrogen) atoms. The molecule has 0 radical (unpaired) electrons. The molecule has 0 spiro atoms. The molecule has 0 saturated carbocycles. The van der Waals surface area contributed by atoms with Crippen LogP contribution < -0.4 is 5.32 Å². The van der Waals surface area contributed by atoms with E-state index in [0.29, 0.717) is 4.88 Å². The molecule has 0 aromatic carbocycles. The summed E-state index contributed by atoms with van der Waals surface area (Å²) in [6.45, 7) is 0. The number of thiophene rings is 1. The smallest absolute Gasteiger partial charge is 0.265 e. The number of nitrogens with one attached hydrogen (secondary N) is 1. The fourth-order valence-corrected chi connectivity index (χ4v) is 2.06. The largest absolute Gasteiger partial charge is 0.316 e. The molecule has 0 unspecified atom stereocenters. The number of anilines is 1. The monoisotopic (exact) mass is 273 g/mol. The van der Waals surface area contributed by atoms with Crippen molar-refractivity contribution in [3.05, 3.63) is 39.0 Å². The highest BCUT2D eigenvalue weighted by Gasteiger charge is 2.13. The van der Waals surface area contributed by atoms with Crippen molar-refractivity contribution in [2.45, 2.75) is 0 Å². The van der Waals surface area contributed by atoms with Gasteiger partial charge in [0.05, 0.1) is 4.88 Å².